The second-order valence-electron chi connectivity index (χ2n) is 8.25. The molecule has 1 fully saturated rings. The maximum absolute atomic E-state index is 11.9. The van der Waals surface area contributed by atoms with Crippen LogP contribution >= 0.6 is 0 Å². The van der Waals surface area contributed by atoms with E-state index in [1.807, 2.05) is 26.0 Å². The number of cyclic esters (lactones) is 2. The van der Waals surface area contributed by atoms with Gasteiger partial charge in [-0.05, 0) is 77.9 Å². The second-order valence-corrected chi connectivity index (χ2v) is 8.25. The lowest BCUT2D eigenvalue weighted by Crippen LogP contribution is -2.02. The molecule has 0 radical (unpaired) electrons. The Morgan fingerprint density at radius 2 is 1.72 bits per heavy atom. The Labute approximate surface area is 175 Å². The van der Waals surface area contributed by atoms with Gasteiger partial charge in [0.05, 0.1) is 0 Å². The van der Waals surface area contributed by atoms with E-state index in [2.05, 4.69) is 26.0 Å². The lowest BCUT2D eigenvalue weighted by molar-refractivity contribution is -0.137. The molecule has 0 aliphatic carbocycles. The summed E-state index contributed by atoms with van der Waals surface area (Å²) in [6, 6.07) is 0. The van der Waals surface area contributed by atoms with Crippen molar-refractivity contribution in [2.45, 2.75) is 78.7 Å². The van der Waals surface area contributed by atoms with E-state index >= 15 is 0 Å². The molecule has 158 valence electrons. The number of esters is 2. The molecule has 4 heteroatoms. The Balaban J connectivity index is 1.66. The van der Waals surface area contributed by atoms with Gasteiger partial charge < -0.3 is 9.47 Å². The van der Waals surface area contributed by atoms with Crippen molar-refractivity contribution in [2.75, 3.05) is 6.61 Å². The summed E-state index contributed by atoms with van der Waals surface area (Å²) in [6.07, 6.45) is 16.6. The zero-order chi connectivity index (χ0) is 21.2. The summed E-state index contributed by atoms with van der Waals surface area (Å²) < 4.78 is 10.3. The minimum atomic E-state index is -0.213. The molecule has 0 aromatic heterocycles. The maximum atomic E-state index is 11.9. The fraction of sp³-hybridized carbons (Fsp3) is 0.520. The summed E-state index contributed by atoms with van der Waals surface area (Å²) in [5.74, 6) is -0.381. The summed E-state index contributed by atoms with van der Waals surface area (Å²) in [5.41, 5.74) is 5.80. The Morgan fingerprint density at radius 3 is 2.38 bits per heavy atom. The van der Waals surface area contributed by atoms with Gasteiger partial charge in [-0.3, -0.25) is 0 Å². The predicted octanol–water partition coefficient (Wildman–Crippen LogP) is 5.91. The lowest BCUT2D eigenvalue weighted by atomic mass is 10.0. The summed E-state index contributed by atoms with van der Waals surface area (Å²) in [7, 11) is 0. The minimum absolute atomic E-state index is 0.0943. The molecule has 0 unspecified atom stereocenters. The van der Waals surface area contributed by atoms with Gasteiger partial charge in [0.2, 0.25) is 0 Å². The normalized spacial score (nSPS) is 21.3. The van der Waals surface area contributed by atoms with Crippen LogP contribution in [0.2, 0.25) is 0 Å². The van der Waals surface area contributed by atoms with Crippen molar-refractivity contribution in [1.29, 1.82) is 0 Å². The Bertz CT molecular complexity index is 758. The van der Waals surface area contributed by atoms with Crippen LogP contribution in [0.5, 0.6) is 0 Å². The first-order valence-corrected chi connectivity index (χ1v) is 10.6. The Morgan fingerprint density at radius 1 is 1.03 bits per heavy atom. The molecule has 1 saturated heterocycles. The van der Waals surface area contributed by atoms with E-state index in [0.29, 0.717) is 13.0 Å². The average Bonchev–Trinajstić information content (AvgIpc) is 3.20. The van der Waals surface area contributed by atoms with Crippen molar-refractivity contribution in [3.8, 4) is 0 Å². The number of hydrogen-bond donors (Lipinski definition) is 0. The molecule has 0 spiro atoms. The van der Waals surface area contributed by atoms with Gasteiger partial charge in [0.1, 0.15) is 12.7 Å². The van der Waals surface area contributed by atoms with Gasteiger partial charge >= 0.3 is 11.9 Å². The summed E-state index contributed by atoms with van der Waals surface area (Å²) in [4.78, 5) is 22.9. The Hall–Kier alpha value is -2.36. The Kier molecular flexibility index (Phi) is 9.17. The van der Waals surface area contributed by atoms with Gasteiger partial charge in [0.15, 0.2) is 0 Å². The maximum Gasteiger partial charge on any atom is 0.334 e. The van der Waals surface area contributed by atoms with Gasteiger partial charge in [-0.25, -0.2) is 9.59 Å². The number of hydrogen-bond acceptors (Lipinski definition) is 4. The van der Waals surface area contributed by atoms with Crippen molar-refractivity contribution >= 4 is 11.9 Å². The first-order chi connectivity index (χ1) is 13.8. The summed E-state index contributed by atoms with van der Waals surface area (Å²) in [6.45, 7) is 8.81. The topological polar surface area (TPSA) is 52.6 Å². The van der Waals surface area contributed by atoms with E-state index in [4.69, 9.17) is 9.47 Å². The molecule has 2 aliphatic heterocycles. The second kappa shape index (κ2) is 11.6. The summed E-state index contributed by atoms with van der Waals surface area (Å²) in [5, 5.41) is 0. The highest BCUT2D eigenvalue weighted by atomic mass is 16.5. The van der Waals surface area contributed by atoms with Crippen molar-refractivity contribution < 1.29 is 19.1 Å². The first kappa shape index (κ1) is 22.9. The van der Waals surface area contributed by atoms with Crippen LogP contribution in [0, 0.1) is 0 Å². The van der Waals surface area contributed by atoms with Gasteiger partial charge in [-0.15, -0.1) is 0 Å². The van der Waals surface area contributed by atoms with Crippen molar-refractivity contribution in [2.24, 2.45) is 0 Å². The van der Waals surface area contributed by atoms with E-state index in [9.17, 15) is 9.59 Å². The quantitative estimate of drug-likeness (QED) is 0.261. The van der Waals surface area contributed by atoms with Crippen LogP contribution in [0.1, 0.15) is 72.6 Å². The van der Waals surface area contributed by atoms with Crippen LogP contribution in [0.15, 0.2) is 58.2 Å². The molecule has 0 saturated carbocycles. The smallest absolute Gasteiger partial charge is 0.334 e. The van der Waals surface area contributed by atoms with Gasteiger partial charge in [0.25, 0.3) is 0 Å². The number of rotatable bonds is 10. The molecule has 0 N–H and O–H groups in total. The largest absolute Gasteiger partial charge is 0.458 e. The van der Waals surface area contributed by atoms with Gasteiger partial charge in [-0.1, -0.05) is 34.9 Å². The van der Waals surface area contributed by atoms with E-state index in [-0.39, 0.29) is 18.0 Å². The molecule has 2 rings (SSSR count). The molecule has 0 amide bonds. The van der Waals surface area contributed by atoms with Gasteiger partial charge in [0, 0.05) is 18.1 Å². The molecule has 2 heterocycles. The number of allylic oxidation sites excluding steroid dienone is 6. The number of ether oxygens (including phenoxy) is 2. The molecule has 4 nitrogen and oxygen atoms in total. The standard InChI is InChI=1S/C25H34O4/c1-18(2)14-23-16-22(25(27)29-23)13-7-11-20(4)9-5-8-19(3)10-6-12-21-15-24(26)28-17-21/h9-10,13-15,23H,5-8,11-12,16-17H2,1-4H3/b19-10+,20-9+,22-13+/t23-/m1/s1. The molecule has 0 aromatic rings. The average molecular weight is 399 g/mol. The van der Waals surface area contributed by atoms with Crippen LogP contribution in [0.25, 0.3) is 0 Å². The predicted molar refractivity (Wildman–Crippen MR) is 116 cm³/mol. The zero-order valence-corrected chi connectivity index (χ0v) is 18.3. The van der Waals surface area contributed by atoms with Crippen LogP contribution in [0.3, 0.4) is 0 Å². The lowest BCUT2D eigenvalue weighted by Gasteiger charge is -2.02. The fourth-order valence-electron chi connectivity index (χ4n) is 3.47. The minimum Gasteiger partial charge on any atom is -0.458 e. The third kappa shape index (κ3) is 8.68. The van der Waals surface area contributed by atoms with Crippen molar-refractivity contribution in [3.05, 3.63) is 58.2 Å². The van der Waals surface area contributed by atoms with Crippen LogP contribution in [0.4, 0.5) is 0 Å². The highest BCUT2D eigenvalue weighted by Crippen LogP contribution is 2.23. The molecular formula is C25H34O4. The van der Waals surface area contributed by atoms with Gasteiger partial charge in [-0.2, -0.15) is 0 Å². The van der Waals surface area contributed by atoms with E-state index in [1.54, 1.807) is 6.08 Å². The first-order valence-electron chi connectivity index (χ1n) is 10.6. The summed E-state index contributed by atoms with van der Waals surface area (Å²) >= 11 is 0. The van der Waals surface area contributed by atoms with Crippen LogP contribution < -0.4 is 0 Å². The van der Waals surface area contributed by atoms with E-state index < -0.39 is 0 Å². The van der Waals surface area contributed by atoms with Crippen LogP contribution in [-0.4, -0.2) is 24.6 Å². The zero-order valence-electron chi connectivity index (χ0n) is 18.3. The highest BCUT2D eigenvalue weighted by molar-refractivity contribution is 5.90. The number of carbonyl (C=O) groups is 2. The SMILES string of the molecule is CC(C)=C[C@@H]1C/C(=C\CC/C(C)=C/CC/C(C)=C/CCC2=CC(=O)OC2)C(=O)O1. The molecule has 2 aliphatic rings. The third-order valence-electron chi connectivity index (χ3n) is 5.10. The molecule has 0 aromatic carbocycles. The fourth-order valence-corrected chi connectivity index (χ4v) is 3.47. The van der Waals surface area contributed by atoms with E-state index in [0.717, 1.165) is 49.7 Å². The highest BCUT2D eigenvalue weighted by Gasteiger charge is 2.26. The monoisotopic (exact) mass is 398 g/mol. The van der Waals surface area contributed by atoms with Crippen LogP contribution in [-0.2, 0) is 19.1 Å². The van der Waals surface area contributed by atoms with Crippen molar-refractivity contribution in [3.63, 3.8) is 0 Å². The molecular weight excluding hydrogens is 364 g/mol. The van der Waals surface area contributed by atoms with Crippen molar-refractivity contribution in [1.82, 2.24) is 0 Å². The van der Waals surface area contributed by atoms with E-state index in [1.165, 1.54) is 16.7 Å². The molecule has 29 heavy (non-hydrogen) atoms. The third-order valence-corrected chi connectivity index (χ3v) is 5.10. The number of carbonyl (C=O) groups excluding carboxylic acids is 2. The molecule has 1 atom stereocenters. The molecule has 0 bridgehead atoms.